The number of benzene rings is 4. The SMILES string of the molecule is CC1(C)c2cc(-c3cccc(N(c4ccc(Br)cc4)c4ccc(Br)cc4)c3)cc(F)c2C(C)(C)C1(C)C. The zero-order valence-corrected chi connectivity index (χ0v) is 25.3. The molecule has 0 aromatic heterocycles. The van der Waals surface area contributed by atoms with Gasteiger partial charge in [-0.05, 0) is 105 Å². The van der Waals surface area contributed by atoms with Crippen LogP contribution in [-0.2, 0) is 10.8 Å². The Balaban J connectivity index is 1.66. The van der Waals surface area contributed by atoms with Gasteiger partial charge in [-0.15, -0.1) is 0 Å². The zero-order chi connectivity index (χ0) is 26.8. The summed E-state index contributed by atoms with van der Waals surface area (Å²) in [5.41, 5.74) is 6.46. The van der Waals surface area contributed by atoms with Crippen molar-refractivity contribution in [1.82, 2.24) is 0 Å². The molecule has 0 saturated carbocycles. The third-order valence-corrected chi connectivity index (χ3v) is 10.2. The van der Waals surface area contributed by atoms with Gasteiger partial charge in [-0.2, -0.15) is 0 Å². The van der Waals surface area contributed by atoms with E-state index in [0.29, 0.717) is 0 Å². The van der Waals surface area contributed by atoms with Crippen LogP contribution in [0.5, 0.6) is 0 Å². The highest BCUT2D eigenvalue weighted by atomic mass is 79.9. The average Bonchev–Trinajstić information content (AvgIpc) is 2.96. The standard InChI is InChI=1S/C33H32Br2FN/c1-31(2)28-19-22(20-29(36)30(28)32(3,4)33(31,5)6)21-8-7-9-27(18-21)37(25-14-10-23(34)11-15-25)26-16-12-24(35)13-17-26/h7-20H,1-6H3. The van der Waals surface area contributed by atoms with E-state index in [4.69, 9.17) is 0 Å². The lowest BCUT2D eigenvalue weighted by Crippen LogP contribution is -2.42. The molecule has 5 rings (SSSR count). The first-order valence-corrected chi connectivity index (χ1v) is 14.2. The minimum absolute atomic E-state index is 0.0936. The maximum atomic E-state index is 15.9. The van der Waals surface area contributed by atoms with Crippen molar-refractivity contribution in [1.29, 1.82) is 0 Å². The predicted octanol–water partition coefficient (Wildman–Crippen LogP) is 11.1. The third kappa shape index (κ3) is 4.17. The molecule has 0 fully saturated rings. The molecule has 0 aliphatic heterocycles. The maximum Gasteiger partial charge on any atom is 0.127 e. The summed E-state index contributed by atoms with van der Waals surface area (Å²) in [7, 11) is 0. The van der Waals surface area contributed by atoms with E-state index in [9.17, 15) is 0 Å². The van der Waals surface area contributed by atoms with E-state index in [0.717, 1.165) is 48.3 Å². The topological polar surface area (TPSA) is 3.24 Å². The summed E-state index contributed by atoms with van der Waals surface area (Å²) in [5, 5.41) is 0. The molecule has 0 saturated heterocycles. The average molecular weight is 621 g/mol. The Labute approximate surface area is 237 Å². The van der Waals surface area contributed by atoms with Crippen molar-refractivity contribution in [2.24, 2.45) is 5.41 Å². The molecule has 1 nitrogen and oxygen atoms in total. The van der Waals surface area contributed by atoms with Crippen LogP contribution in [-0.4, -0.2) is 0 Å². The van der Waals surface area contributed by atoms with Crippen LogP contribution < -0.4 is 4.90 Å². The van der Waals surface area contributed by atoms with Crippen LogP contribution in [0.25, 0.3) is 11.1 Å². The fraction of sp³-hybridized carbons (Fsp3) is 0.273. The minimum Gasteiger partial charge on any atom is -0.310 e. The van der Waals surface area contributed by atoms with E-state index >= 15 is 4.39 Å². The van der Waals surface area contributed by atoms with Crippen molar-refractivity contribution in [3.8, 4) is 11.1 Å². The number of anilines is 3. The van der Waals surface area contributed by atoms with Gasteiger partial charge in [-0.25, -0.2) is 4.39 Å². The van der Waals surface area contributed by atoms with E-state index in [2.05, 4.69) is 133 Å². The highest BCUT2D eigenvalue weighted by molar-refractivity contribution is 9.10. The van der Waals surface area contributed by atoms with Gasteiger partial charge in [0.2, 0.25) is 0 Å². The number of nitrogens with zero attached hydrogens (tertiary/aromatic N) is 1. The largest absolute Gasteiger partial charge is 0.310 e. The van der Waals surface area contributed by atoms with E-state index < -0.39 is 0 Å². The van der Waals surface area contributed by atoms with E-state index in [-0.39, 0.29) is 22.1 Å². The highest BCUT2D eigenvalue weighted by Crippen LogP contribution is 2.62. The normalized spacial score (nSPS) is 16.9. The summed E-state index contributed by atoms with van der Waals surface area (Å²) >= 11 is 7.11. The Hall–Kier alpha value is -2.43. The molecule has 0 spiro atoms. The Morgan fingerprint density at radius 1 is 0.595 bits per heavy atom. The first-order chi connectivity index (χ1) is 17.3. The molecule has 1 aliphatic rings. The molecule has 0 heterocycles. The fourth-order valence-corrected chi connectivity index (χ4v) is 6.31. The van der Waals surface area contributed by atoms with Crippen LogP contribution in [0, 0.1) is 11.2 Å². The molecule has 1 aliphatic carbocycles. The second-order valence-electron chi connectivity index (χ2n) is 11.6. The lowest BCUT2D eigenvalue weighted by molar-refractivity contribution is 0.123. The van der Waals surface area contributed by atoms with Gasteiger partial charge in [0.05, 0.1) is 0 Å². The van der Waals surface area contributed by atoms with Crippen molar-refractivity contribution in [2.45, 2.75) is 52.4 Å². The van der Waals surface area contributed by atoms with Gasteiger partial charge in [-0.1, -0.05) is 91.6 Å². The van der Waals surface area contributed by atoms with Crippen molar-refractivity contribution < 1.29 is 4.39 Å². The molecule has 190 valence electrons. The van der Waals surface area contributed by atoms with Crippen molar-refractivity contribution in [3.63, 3.8) is 0 Å². The molecule has 0 N–H and O–H groups in total. The van der Waals surface area contributed by atoms with Gasteiger partial charge in [0, 0.05) is 26.0 Å². The molecule has 37 heavy (non-hydrogen) atoms. The monoisotopic (exact) mass is 619 g/mol. The van der Waals surface area contributed by atoms with Crippen LogP contribution in [0.4, 0.5) is 21.5 Å². The second kappa shape index (κ2) is 9.10. The summed E-state index contributed by atoms with van der Waals surface area (Å²) in [6, 6.07) is 28.9. The van der Waals surface area contributed by atoms with E-state index in [1.54, 1.807) is 6.07 Å². The lowest BCUT2D eigenvalue weighted by Gasteiger charge is -2.44. The molecule has 4 aromatic carbocycles. The number of hydrogen-bond donors (Lipinski definition) is 0. The van der Waals surface area contributed by atoms with Crippen LogP contribution in [0.3, 0.4) is 0 Å². The molecule has 0 bridgehead atoms. The first kappa shape index (κ1) is 26.2. The smallest absolute Gasteiger partial charge is 0.127 e. The van der Waals surface area contributed by atoms with Gasteiger partial charge in [0.15, 0.2) is 0 Å². The number of halogens is 3. The minimum atomic E-state index is -0.268. The molecular weight excluding hydrogens is 589 g/mol. The van der Waals surface area contributed by atoms with Gasteiger partial charge in [0.1, 0.15) is 5.82 Å². The Bertz CT molecular complexity index is 1420. The van der Waals surface area contributed by atoms with Crippen LogP contribution in [0.1, 0.15) is 52.7 Å². The van der Waals surface area contributed by atoms with Gasteiger partial charge in [-0.3, -0.25) is 0 Å². The molecule has 4 heteroatoms. The quantitative estimate of drug-likeness (QED) is 0.219. The van der Waals surface area contributed by atoms with Crippen LogP contribution in [0.15, 0.2) is 93.9 Å². The highest BCUT2D eigenvalue weighted by Gasteiger charge is 2.58. The first-order valence-electron chi connectivity index (χ1n) is 12.6. The van der Waals surface area contributed by atoms with E-state index in [1.165, 1.54) is 0 Å². The molecule has 0 amide bonds. The number of fused-ring (bicyclic) bond motifs is 1. The Morgan fingerprint density at radius 3 is 1.68 bits per heavy atom. The van der Waals surface area contributed by atoms with Crippen molar-refractivity contribution in [2.75, 3.05) is 4.90 Å². The Kier molecular flexibility index (Phi) is 6.44. The Morgan fingerprint density at radius 2 is 1.14 bits per heavy atom. The lowest BCUT2D eigenvalue weighted by atomic mass is 9.59. The zero-order valence-electron chi connectivity index (χ0n) is 22.2. The molecule has 0 unspecified atom stereocenters. The summed E-state index contributed by atoms with van der Waals surface area (Å²) in [5.74, 6) is -0.112. The van der Waals surface area contributed by atoms with Crippen molar-refractivity contribution >= 4 is 48.9 Å². The van der Waals surface area contributed by atoms with Crippen LogP contribution in [0.2, 0.25) is 0 Å². The van der Waals surface area contributed by atoms with Crippen LogP contribution >= 0.6 is 31.9 Å². The molecule has 0 atom stereocenters. The molecule has 0 radical (unpaired) electrons. The van der Waals surface area contributed by atoms with E-state index in [1.807, 2.05) is 24.3 Å². The summed E-state index contributed by atoms with van der Waals surface area (Å²) < 4.78 is 17.9. The van der Waals surface area contributed by atoms with Gasteiger partial charge >= 0.3 is 0 Å². The second-order valence-corrected chi connectivity index (χ2v) is 13.4. The number of rotatable bonds is 4. The molecule has 4 aromatic rings. The summed E-state index contributed by atoms with van der Waals surface area (Å²) in [4.78, 5) is 2.22. The third-order valence-electron chi connectivity index (χ3n) is 9.12. The number of hydrogen-bond acceptors (Lipinski definition) is 1. The summed E-state index contributed by atoms with van der Waals surface area (Å²) in [6.45, 7) is 13.4. The van der Waals surface area contributed by atoms with Gasteiger partial charge < -0.3 is 4.90 Å². The summed E-state index contributed by atoms with van der Waals surface area (Å²) in [6.07, 6.45) is 0. The fourth-order valence-electron chi connectivity index (χ4n) is 5.78. The van der Waals surface area contributed by atoms with Gasteiger partial charge in [0.25, 0.3) is 0 Å². The predicted molar refractivity (Wildman–Crippen MR) is 162 cm³/mol. The van der Waals surface area contributed by atoms with Crippen molar-refractivity contribution in [3.05, 3.63) is 111 Å². The molecular formula is C33H32Br2FN. The maximum absolute atomic E-state index is 15.9.